The first kappa shape index (κ1) is 19.9. The summed E-state index contributed by atoms with van der Waals surface area (Å²) in [6, 6.07) is 1.13. The Bertz CT molecular complexity index is 679. The van der Waals surface area contributed by atoms with E-state index in [4.69, 9.17) is 16.7 Å². The van der Waals surface area contributed by atoms with Gasteiger partial charge < -0.3 is 20.6 Å². The van der Waals surface area contributed by atoms with Crippen LogP contribution in [0.2, 0.25) is 5.02 Å². The molecule has 1 aliphatic rings. The number of carboxylic acid groups (broad SMARTS) is 1. The molecule has 1 heterocycles. The lowest BCUT2D eigenvalue weighted by atomic mass is 10.1. The van der Waals surface area contributed by atoms with Gasteiger partial charge in [0.2, 0.25) is 0 Å². The van der Waals surface area contributed by atoms with E-state index in [1.807, 2.05) is 0 Å². The zero-order valence-corrected chi connectivity index (χ0v) is 15.6. The van der Waals surface area contributed by atoms with Gasteiger partial charge in [0.25, 0.3) is 0 Å². The summed E-state index contributed by atoms with van der Waals surface area (Å²) in [6.07, 6.45) is -4.65. The molecule has 0 aliphatic carbocycles. The molecule has 2 rings (SSSR count). The fourth-order valence-electron chi connectivity index (χ4n) is 2.42. The minimum Gasteiger partial charge on any atom is -0.465 e. The Morgan fingerprint density at radius 2 is 1.88 bits per heavy atom. The average Bonchev–Trinajstić information content (AvgIpc) is 2.50. The van der Waals surface area contributed by atoms with Crippen molar-refractivity contribution in [2.45, 2.75) is 25.1 Å². The number of rotatable bonds is 2. The Kier molecular flexibility index (Phi) is 6.25. The lowest BCUT2D eigenvalue weighted by Gasteiger charge is -2.30. The second-order valence-corrected chi connectivity index (χ2v) is 7.02. The molecule has 3 amide bonds. The number of halogens is 5. The van der Waals surface area contributed by atoms with Crippen molar-refractivity contribution in [3.05, 3.63) is 26.3 Å². The van der Waals surface area contributed by atoms with Crippen molar-refractivity contribution in [2.24, 2.45) is 0 Å². The van der Waals surface area contributed by atoms with E-state index in [0.717, 1.165) is 12.1 Å². The van der Waals surface area contributed by atoms with Crippen LogP contribution in [0.1, 0.15) is 18.4 Å². The molecule has 138 valence electrons. The summed E-state index contributed by atoms with van der Waals surface area (Å²) in [5.74, 6) is 0. The summed E-state index contributed by atoms with van der Waals surface area (Å²) < 4.78 is 38.6. The molecule has 1 saturated heterocycles. The molecule has 1 aliphatic heterocycles. The van der Waals surface area contributed by atoms with Gasteiger partial charge in [-0.25, -0.2) is 9.59 Å². The first-order valence-electron chi connectivity index (χ1n) is 7.19. The van der Waals surface area contributed by atoms with Gasteiger partial charge in [-0.05, 0) is 47.6 Å². The highest BCUT2D eigenvalue weighted by Crippen LogP contribution is 2.38. The molecule has 25 heavy (non-hydrogen) atoms. The predicted octanol–water partition coefficient (Wildman–Crippen LogP) is 4.23. The molecule has 0 bridgehead atoms. The lowest BCUT2D eigenvalue weighted by molar-refractivity contribution is -0.137. The van der Waals surface area contributed by atoms with Crippen LogP contribution in [0.5, 0.6) is 0 Å². The van der Waals surface area contributed by atoms with E-state index in [0.29, 0.717) is 25.9 Å². The third kappa shape index (κ3) is 5.27. The maximum absolute atomic E-state index is 12.8. The molecule has 0 radical (unpaired) electrons. The number of piperidine rings is 1. The summed E-state index contributed by atoms with van der Waals surface area (Å²) in [5.41, 5.74) is -0.801. The second kappa shape index (κ2) is 7.85. The number of carbonyl (C=O) groups is 2. The van der Waals surface area contributed by atoms with Gasteiger partial charge in [0, 0.05) is 22.7 Å². The van der Waals surface area contributed by atoms with Crippen LogP contribution in [0.4, 0.5) is 28.4 Å². The molecular weight excluding hydrogens is 478 g/mol. The second-order valence-electron chi connectivity index (χ2n) is 5.45. The Morgan fingerprint density at radius 3 is 2.40 bits per heavy atom. The number of nitrogens with one attached hydrogen (secondary N) is 2. The van der Waals surface area contributed by atoms with Crippen LogP contribution < -0.4 is 10.6 Å². The van der Waals surface area contributed by atoms with E-state index in [-0.39, 0.29) is 15.3 Å². The molecule has 0 spiro atoms. The molecule has 1 aromatic carbocycles. The zero-order chi connectivity index (χ0) is 18.8. The van der Waals surface area contributed by atoms with Gasteiger partial charge in [0.05, 0.1) is 16.3 Å². The molecule has 0 atom stereocenters. The summed E-state index contributed by atoms with van der Waals surface area (Å²) in [4.78, 5) is 24.1. The normalized spacial score (nSPS) is 15.8. The number of alkyl halides is 3. The van der Waals surface area contributed by atoms with Crippen LogP contribution in [0, 0.1) is 3.57 Å². The minimum absolute atomic E-state index is 0.166. The smallest absolute Gasteiger partial charge is 0.417 e. The first-order valence-corrected chi connectivity index (χ1v) is 8.65. The Morgan fingerprint density at radius 1 is 1.28 bits per heavy atom. The standard InChI is InChI=1S/C14H14ClF3IN3O3/c15-9-6-11(10(19)5-8(9)14(16,17)18)21-12(23)20-7-1-3-22(4-2-7)13(24)25/h5-7H,1-4H2,(H,24,25)(H2,20,21,23). The minimum atomic E-state index is -4.57. The van der Waals surface area contributed by atoms with Gasteiger partial charge in [-0.1, -0.05) is 11.6 Å². The van der Waals surface area contributed by atoms with Gasteiger partial charge in [-0.3, -0.25) is 0 Å². The van der Waals surface area contributed by atoms with Crippen molar-refractivity contribution in [1.82, 2.24) is 10.2 Å². The SMILES string of the molecule is O=C(Nc1cc(Cl)c(C(F)(F)F)cc1I)NC1CCN(C(=O)O)CC1. The maximum Gasteiger partial charge on any atom is 0.417 e. The van der Waals surface area contributed by atoms with E-state index >= 15 is 0 Å². The van der Waals surface area contributed by atoms with E-state index in [1.165, 1.54) is 4.90 Å². The Labute approximate surface area is 159 Å². The Balaban J connectivity index is 1.97. The monoisotopic (exact) mass is 491 g/mol. The van der Waals surface area contributed by atoms with Gasteiger partial charge in [-0.15, -0.1) is 0 Å². The highest BCUT2D eigenvalue weighted by Gasteiger charge is 2.34. The first-order chi connectivity index (χ1) is 11.6. The van der Waals surface area contributed by atoms with E-state index in [2.05, 4.69) is 10.6 Å². The number of hydrogen-bond acceptors (Lipinski definition) is 2. The fraction of sp³-hybridized carbons (Fsp3) is 0.429. The highest BCUT2D eigenvalue weighted by atomic mass is 127. The van der Waals surface area contributed by atoms with E-state index < -0.39 is 28.9 Å². The van der Waals surface area contributed by atoms with E-state index in [1.54, 1.807) is 22.6 Å². The van der Waals surface area contributed by atoms with Gasteiger partial charge in [0.15, 0.2) is 0 Å². The largest absolute Gasteiger partial charge is 0.465 e. The third-order valence-corrected chi connectivity index (χ3v) is 4.92. The number of hydrogen-bond donors (Lipinski definition) is 3. The molecule has 11 heteroatoms. The van der Waals surface area contributed by atoms with Gasteiger partial charge in [-0.2, -0.15) is 13.2 Å². The lowest BCUT2D eigenvalue weighted by Crippen LogP contribution is -2.47. The van der Waals surface area contributed by atoms with Crippen LogP contribution in [0.15, 0.2) is 12.1 Å². The third-order valence-electron chi connectivity index (χ3n) is 3.71. The number of benzene rings is 1. The molecule has 1 fully saturated rings. The van der Waals surface area contributed by atoms with Crippen molar-refractivity contribution in [2.75, 3.05) is 18.4 Å². The maximum atomic E-state index is 12.8. The van der Waals surface area contributed by atoms with E-state index in [9.17, 15) is 22.8 Å². The number of anilines is 1. The molecule has 3 N–H and O–H groups in total. The van der Waals surface area contributed by atoms with Gasteiger partial charge in [0.1, 0.15) is 0 Å². The van der Waals surface area contributed by atoms with Crippen LogP contribution in [0.3, 0.4) is 0 Å². The van der Waals surface area contributed by atoms with Crippen molar-refractivity contribution >= 4 is 52.0 Å². The van der Waals surface area contributed by atoms with Crippen LogP contribution in [0.25, 0.3) is 0 Å². The summed E-state index contributed by atoms with van der Waals surface area (Å²) >= 11 is 7.33. The average molecular weight is 492 g/mol. The van der Waals surface area contributed by atoms with Crippen molar-refractivity contribution in [3.63, 3.8) is 0 Å². The summed E-state index contributed by atoms with van der Waals surface area (Å²) in [6.45, 7) is 0.619. The number of amides is 3. The zero-order valence-electron chi connectivity index (χ0n) is 12.7. The molecule has 0 unspecified atom stereocenters. The molecule has 1 aromatic rings. The fourth-order valence-corrected chi connectivity index (χ4v) is 3.29. The van der Waals surface area contributed by atoms with Crippen molar-refractivity contribution in [3.8, 4) is 0 Å². The van der Waals surface area contributed by atoms with Crippen molar-refractivity contribution < 1.29 is 27.9 Å². The molecule has 0 aromatic heterocycles. The number of nitrogens with zero attached hydrogens (tertiary/aromatic N) is 1. The predicted molar refractivity (Wildman–Crippen MR) is 93.9 cm³/mol. The topological polar surface area (TPSA) is 81.7 Å². The van der Waals surface area contributed by atoms with Crippen LogP contribution >= 0.6 is 34.2 Å². The number of carbonyl (C=O) groups excluding carboxylic acids is 1. The molecular formula is C14H14ClF3IN3O3. The molecule has 0 saturated carbocycles. The van der Waals surface area contributed by atoms with Crippen molar-refractivity contribution in [1.29, 1.82) is 0 Å². The summed E-state index contributed by atoms with van der Waals surface area (Å²) in [7, 11) is 0. The van der Waals surface area contributed by atoms with Crippen LogP contribution in [-0.4, -0.2) is 41.3 Å². The Hall–Kier alpha value is -1.43. The number of urea groups is 1. The summed E-state index contributed by atoms with van der Waals surface area (Å²) in [5, 5.41) is 13.5. The quantitative estimate of drug-likeness (QED) is 0.542. The van der Waals surface area contributed by atoms with Crippen LogP contribution in [-0.2, 0) is 6.18 Å². The van der Waals surface area contributed by atoms with Gasteiger partial charge >= 0.3 is 18.3 Å². The highest BCUT2D eigenvalue weighted by molar-refractivity contribution is 14.1. The molecule has 6 nitrogen and oxygen atoms in total. The number of likely N-dealkylation sites (tertiary alicyclic amines) is 1.